The second-order valence-electron chi connectivity index (χ2n) is 4.77. The Kier molecular flexibility index (Phi) is 4.42. The zero-order valence-electron chi connectivity index (χ0n) is 10.5. The van der Waals surface area contributed by atoms with Crippen LogP contribution in [0.25, 0.3) is 0 Å². The van der Waals surface area contributed by atoms with E-state index in [1.54, 1.807) is 0 Å². The first-order chi connectivity index (χ1) is 8.29. The van der Waals surface area contributed by atoms with E-state index in [0.717, 1.165) is 38.8 Å². The number of hydrogen-bond donors (Lipinski definition) is 1. The molecule has 0 aromatic rings. The summed E-state index contributed by atoms with van der Waals surface area (Å²) in [6.45, 7) is 3.94. The average Bonchev–Trinajstić information content (AvgIpc) is 2.83. The predicted octanol–water partition coefficient (Wildman–Crippen LogP) is 1.92. The average molecular weight is 238 g/mol. The summed E-state index contributed by atoms with van der Waals surface area (Å²) in [5.41, 5.74) is 0. The minimum absolute atomic E-state index is 0.159. The molecule has 1 fully saturated rings. The zero-order chi connectivity index (χ0) is 12.1. The van der Waals surface area contributed by atoms with Gasteiger partial charge in [0.1, 0.15) is 0 Å². The van der Waals surface area contributed by atoms with Gasteiger partial charge in [-0.2, -0.15) is 0 Å². The van der Waals surface area contributed by atoms with E-state index in [2.05, 4.69) is 17.5 Å². The van der Waals surface area contributed by atoms with Crippen LogP contribution in [-0.2, 0) is 4.74 Å². The molecule has 1 amide bonds. The number of hydrogen-bond acceptors (Lipinski definition) is 3. The van der Waals surface area contributed by atoms with E-state index in [1.165, 1.54) is 0 Å². The summed E-state index contributed by atoms with van der Waals surface area (Å²) >= 11 is 0. The van der Waals surface area contributed by atoms with Gasteiger partial charge in [-0.15, -0.1) is 0 Å². The highest BCUT2D eigenvalue weighted by molar-refractivity contribution is 5.67. The largest absolute Gasteiger partial charge is 0.450 e. The van der Waals surface area contributed by atoms with Gasteiger partial charge in [-0.3, -0.25) is 0 Å². The van der Waals surface area contributed by atoms with Crippen molar-refractivity contribution in [1.29, 1.82) is 0 Å². The molecule has 1 heterocycles. The summed E-state index contributed by atoms with van der Waals surface area (Å²) in [5, 5.41) is 3.67. The number of nitrogens with zero attached hydrogens (tertiary/aromatic N) is 1. The fourth-order valence-electron chi connectivity index (χ4n) is 2.53. The first-order valence-corrected chi connectivity index (χ1v) is 6.62. The number of ether oxygens (including phenoxy) is 1. The zero-order valence-corrected chi connectivity index (χ0v) is 10.5. The Morgan fingerprint density at radius 3 is 2.53 bits per heavy atom. The van der Waals surface area contributed by atoms with E-state index >= 15 is 0 Å². The lowest BCUT2D eigenvalue weighted by Crippen LogP contribution is -2.47. The molecule has 17 heavy (non-hydrogen) atoms. The van der Waals surface area contributed by atoms with E-state index in [1.807, 2.05) is 11.8 Å². The van der Waals surface area contributed by atoms with Gasteiger partial charge in [0.25, 0.3) is 0 Å². The fourth-order valence-corrected chi connectivity index (χ4v) is 2.53. The van der Waals surface area contributed by atoms with Gasteiger partial charge < -0.3 is 15.0 Å². The van der Waals surface area contributed by atoms with Gasteiger partial charge in [-0.1, -0.05) is 12.2 Å². The van der Waals surface area contributed by atoms with E-state index < -0.39 is 0 Å². The number of rotatable bonds is 3. The molecule has 4 heteroatoms. The van der Waals surface area contributed by atoms with Crippen LogP contribution in [0.4, 0.5) is 4.79 Å². The van der Waals surface area contributed by atoms with E-state index in [9.17, 15) is 4.79 Å². The van der Waals surface area contributed by atoms with Crippen LogP contribution in [0.5, 0.6) is 0 Å². The third-order valence-electron chi connectivity index (χ3n) is 3.50. The van der Waals surface area contributed by atoms with Crippen LogP contribution < -0.4 is 5.32 Å². The molecule has 0 saturated carbocycles. The van der Waals surface area contributed by atoms with Crippen molar-refractivity contribution in [3.63, 3.8) is 0 Å². The summed E-state index contributed by atoms with van der Waals surface area (Å²) < 4.78 is 5.01. The van der Waals surface area contributed by atoms with Crippen molar-refractivity contribution in [1.82, 2.24) is 10.2 Å². The number of piperidine rings is 1. The van der Waals surface area contributed by atoms with Crippen molar-refractivity contribution in [2.45, 2.75) is 44.7 Å². The van der Waals surface area contributed by atoms with Gasteiger partial charge in [0.2, 0.25) is 0 Å². The van der Waals surface area contributed by atoms with Crippen LogP contribution in [0.15, 0.2) is 12.2 Å². The molecule has 0 aromatic carbocycles. The van der Waals surface area contributed by atoms with E-state index in [4.69, 9.17) is 4.74 Å². The quantitative estimate of drug-likeness (QED) is 0.764. The fraction of sp³-hybridized carbons (Fsp3) is 0.769. The molecule has 0 atom stereocenters. The first kappa shape index (κ1) is 12.4. The molecule has 2 aliphatic rings. The second kappa shape index (κ2) is 6.05. The SMILES string of the molecule is CCOC(=O)N1CCC(NC2CC=CC2)CC1. The van der Waals surface area contributed by atoms with Crippen molar-refractivity contribution in [3.05, 3.63) is 12.2 Å². The van der Waals surface area contributed by atoms with Gasteiger partial charge in [0.15, 0.2) is 0 Å². The minimum Gasteiger partial charge on any atom is -0.450 e. The minimum atomic E-state index is -0.159. The molecule has 1 N–H and O–H groups in total. The molecule has 0 radical (unpaired) electrons. The number of amides is 1. The summed E-state index contributed by atoms with van der Waals surface area (Å²) in [5.74, 6) is 0. The molecule has 1 aliphatic carbocycles. The maximum absolute atomic E-state index is 11.5. The van der Waals surface area contributed by atoms with E-state index in [-0.39, 0.29) is 6.09 Å². The van der Waals surface area contributed by atoms with E-state index in [0.29, 0.717) is 18.7 Å². The van der Waals surface area contributed by atoms with Crippen LogP contribution in [0.1, 0.15) is 32.6 Å². The predicted molar refractivity (Wildman–Crippen MR) is 66.9 cm³/mol. The highest BCUT2D eigenvalue weighted by Crippen LogP contribution is 2.16. The number of carbonyl (C=O) groups excluding carboxylic acids is 1. The lowest BCUT2D eigenvalue weighted by molar-refractivity contribution is 0.0943. The molecule has 0 unspecified atom stereocenters. The monoisotopic (exact) mass is 238 g/mol. The molecule has 4 nitrogen and oxygen atoms in total. The Morgan fingerprint density at radius 1 is 1.29 bits per heavy atom. The lowest BCUT2D eigenvalue weighted by atomic mass is 10.0. The summed E-state index contributed by atoms with van der Waals surface area (Å²) in [4.78, 5) is 13.3. The highest BCUT2D eigenvalue weighted by atomic mass is 16.6. The normalized spacial score (nSPS) is 22.1. The first-order valence-electron chi connectivity index (χ1n) is 6.62. The molecule has 2 rings (SSSR count). The highest BCUT2D eigenvalue weighted by Gasteiger charge is 2.25. The van der Waals surface area contributed by atoms with Gasteiger partial charge in [-0.05, 0) is 32.6 Å². The molecule has 96 valence electrons. The maximum Gasteiger partial charge on any atom is 0.409 e. The van der Waals surface area contributed by atoms with Crippen molar-refractivity contribution < 1.29 is 9.53 Å². The maximum atomic E-state index is 11.5. The number of nitrogens with one attached hydrogen (secondary N) is 1. The van der Waals surface area contributed by atoms with Crippen LogP contribution in [0, 0.1) is 0 Å². The van der Waals surface area contributed by atoms with Crippen LogP contribution in [-0.4, -0.2) is 42.8 Å². The third kappa shape index (κ3) is 3.46. The summed E-state index contributed by atoms with van der Waals surface area (Å²) in [7, 11) is 0. The van der Waals surface area contributed by atoms with Crippen LogP contribution in [0.2, 0.25) is 0 Å². The third-order valence-corrected chi connectivity index (χ3v) is 3.50. The van der Waals surface area contributed by atoms with Crippen LogP contribution in [0.3, 0.4) is 0 Å². The number of carbonyl (C=O) groups is 1. The topological polar surface area (TPSA) is 41.6 Å². The number of likely N-dealkylation sites (tertiary alicyclic amines) is 1. The summed E-state index contributed by atoms with van der Waals surface area (Å²) in [6.07, 6.45) is 8.70. The Labute approximate surface area is 103 Å². The molecule has 0 aromatic heterocycles. The Morgan fingerprint density at radius 2 is 1.94 bits per heavy atom. The Hall–Kier alpha value is -1.03. The van der Waals surface area contributed by atoms with Crippen molar-refractivity contribution >= 4 is 6.09 Å². The summed E-state index contributed by atoms with van der Waals surface area (Å²) in [6, 6.07) is 1.18. The lowest BCUT2D eigenvalue weighted by Gasteiger charge is -2.33. The standard InChI is InChI=1S/C13H22N2O2/c1-2-17-13(16)15-9-7-12(8-10-15)14-11-5-3-4-6-11/h3-4,11-12,14H,2,5-10H2,1H3. The second-order valence-corrected chi connectivity index (χ2v) is 4.77. The molecular weight excluding hydrogens is 216 g/mol. The van der Waals surface area contributed by atoms with Gasteiger partial charge in [-0.25, -0.2) is 4.79 Å². The smallest absolute Gasteiger partial charge is 0.409 e. The van der Waals surface area contributed by atoms with Gasteiger partial charge in [0.05, 0.1) is 6.61 Å². The molecule has 1 saturated heterocycles. The molecule has 1 aliphatic heterocycles. The molecular formula is C13H22N2O2. The Bertz CT molecular complexity index is 275. The van der Waals surface area contributed by atoms with Gasteiger partial charge in [0, 0.05) is 25.2 Å². The van der Waals surface area contributed by atoms with Crippen LogP contribution >= 0.6 is 0 Å². The molecule has 0 spiro atoms. The van der Waals surface area contributed by atoms with Gasteiger partial charge >= 0.3 is 6.09 Å². The molecule has 0 bridgehead atoms. The Balaban J connectivity index is 1.68. The van der Waals surface area contributed by atoms with Crippen molar-refractivity contribution in [3.8, 4) is 0 Å². The van der Waals surface area contributed by atoms with Crippen molar-refractivity contribution in [2.24, 2.45) is 0 Å². The van der Waals surface area contributed by atoms with Crippen molar-refractivity contribution in [2.75, 3.05) is 19.7 Å².